The van der Waals surface area contributed by atoms with Crippen LogP contribution in [-0.4, -0.2) is 29.1 Å². The lowest BCUT2D eigenvalue weighted by Gasteiger charge is -2.37. The molecule has 2 aromatic heterocycles. The molecule has 1 aliphatic rings. The number of thiazole rings is 1. The topological polar surface area (TPSA) is 41.0 Å². The molecule has 1 aliphatic heterocycles. The second-order valence-corrected chi connectivity index (χ2v) is 6.97. The van der Waals surface area contributed by atoms with Gasteiger partial charge in [-0.25, -0.2) is 4.98 Å². The highest BCUT2D eigenvalue weighted by molar-refractivity contribution is 7.09. The van der Waals surface area contributed by atoms with Crippen molar-refractivity contribution >= 4 is 17.0 Å². The summed E-state index contributed by atoms with van der Waals surface area (Å²) in [6.45, 7) is 6.63. The van der Waals surface area contributed by atoms with E-state index >= 15 is 0 Å². The molecule has 0 aromatic carbocycles. The SMILES string of the molecule is CC(C)(NC1CCN(c2ccncc2)CC1)c1nccs1. The van der Waals surface area contributed by atoms with E-state index in [0.717, 1.165) is 25.9 Å². The molecule has 1 N–H and O–H groups in total. The minimum atomic E-state index is -0.0440. The third-order valence-electron chi connectivity index (χ3n) is 4.05. The van der Waals surface area contributed by atoms with Gasteiger partial charge in [-0.3, -0.25) is 4.98 Å². The van der Waals surface area contributed by atoms with Gasteiger partial charge in [-0.15, -0.1) is 11.3 Å². The summed E-state index contributed by atoms with van der Waals surface area (Å²) in [5.41, 5.74) is 1.24. The quantitative estimate of drug-likeness (QED) is 0.942. The predicted molar refractivity (Wildman–Crippen MR) is 87.7 cm³/mol. The molecule has 1 fully saturated rings. The lowest BCUT2D eigenvalue weighted by Crippen LogP contribution is -2.49. The fourth-order valence-electron chi connectivity index (χ4n) is 2.94. The summed E-state index contributed by atoms with van der Waals surface area (Å²) < 4.78 is 0. The van der Waals surface area contributed by atoms with Crippen LogP contribution in [0, 0.1) is 0 Å². The highest BCUT2D eigenvalue weighted by Crippen LogP contribution is 2.26. The highest BCUT2D eigenvalue weighted by Gasteiger charge is 2.28. The fraction of sp³-hybridized carbons (Fsp3) is 0.500. The lowest BCUT2D eigenvalue weighted by molar-refractivity contribution is 0.301. The third kappa shape index (κ3) is 3.41. The molecule has 21 heavy (non-hydrogen) atoms. The van der Waals surface area contributed by atoms with E-state index in [4.69, 9.17) is 0 Å². The molecule has 0 atom stereocenters. The molecule has 0 unspecified atom stereocenters. The molecule has 112 valence electrons. The van der Waals surface area contributed by atoms with E-state index in [0.29, 0.717) is 6.04 Å². The molecular weight excluding hydrogens is 280 g/mol. The summed E-state index contributed by atoms with van der Waals surface area (Å²) in [4.78, 5) is 11.0. The van der Waals surface area contributed by atoms with Gasteiger partial charge in [-0.1, -0.05) is 0 Å². The van der Waals surface area contributed by atoms with Gasteiger partial charge in [0.1, 0.15) is 5.01 Å². The first-order chi connectivity index (χ1) is 10.1. The molecule has 0 amide bonds. The van der Waals surface area contributed by atoms with Crippen LogP contribution in [-0.2, 0) is 5.54 Å². The van der Waals surface area contributed by atoms with E-state index in [2.05, 4.69) is 46.2 Å². The zero-order valence-corrected chi connectivity index (χ0v) is 13.4. The molecule has 0 saturated carbocycles. The van der Waals surface area contributed by atoms with Gasteiger partial charge in [0.2, 0.25) is 0 Å². The van der Waals surface area contributed by atoms with E-state index in [1.54, 1.807) is 11.3 Å². The van der Waals surface area contributed by atoms with Crippen molar-refractivity contribution in [3.05, 3.63) is 41.1 Å². The molecule has 1 saturated heterocycles. The first kappa shape index (κ1) is 14.5. The van der Waals surface area contributed by atoms with Crippen LogP contribution in [0.5, 0.6) is 0 Å². The van der Waals surface area contributed by atoms with Crippen molar-refractivity contribution in [2.45, 2.75) is 38.3 Å². The molecule has 4 nitrogen and oxygen atoms in total. The van der Waals surface area contributed by atoms with E-state index < -0.39 is 0 Å². The van der Waals surface area contributed by atoms with Crippen LogP contribution in [0.25, 0.3) is 0 Å². The average molecular weight is 302 g/mol. The molecule has 0 radical (unpaired) electrons. The van der Waals surface area contributed by atoms with Gasteiger partial charge in [0.05, 0.1) is 5.54 Å². The van der Waals surface area contributed by atoms with Crippen LogP contribution in [0.4, 0.5) is 5.69 Å². The number of piperidine rings is 1. The van der Waals surface area contributed by atoms with Crippen molar-refractivity contribution in [2.75, 3.05) is 18.0 Å². The Morgan fingerprint density at radius 3 is 2.52 bits per heavy atom. The normalized spacial score (nSPS) is 17.1. The molecule has 3 rings (SSSR count). The van der Waals surface area contributed by atoms with Crippen LogP contribution >= 0.6 is 11.3 Å². The summed E-state index contributed by atoms with van der Waals surface area (Å²) in [5, 5.41) is 6.99. The second-order valence-electron chi connectivity index (χ2n) is 6.07. The molecule has 0 spiro atoms. The summed E-state index contributed by atoms with van der Waals surface area (Å²) >= 11 is 1.72. The lowest BCUT2D eigenvalue weighted by atomic mass is 9.99. The average Bonchev–Trinajstić information content (AvgIpc) is 3.04. The Balaban J connectivity index is 1.57. The zero-order valence-electron chi connectivity index (χ0n) is 12.6. The smallest absolute Gasteiger partial charge is 0.112 e. The number of rotatable bonds is 4. The first-order valence-electron chi connectivity index (χ1n) is 7.48. The Kier molecular flexibility index (Phi) is 4.22. The van der Waals surface area contributed by atoms with Crippen molar-refractivity contribution in [3.8, 4) is 0 Å². The summed E-state index contributed by atoms with van der Waals surface area (Å²) in [6, 6.07) is 4.74. The number of nitrogens with one attached hydrogen (secondary N) is 1. The van der Waals surface area contributed by atoms with E-state index in [-0.39, 0.29) is 5.54 Å². The second kappa shape index (κ2) is 6.12. The monoisotopic (exact) mass is 302 g/mol. The van der Waals surface area contributed by atoms with Gasteiger partial charge in [-0.05, 0) is 38.8 Å². The van der Waals surface area contributed by atoms with Crippen molar-refractivity contribution in [1.82, 2.24) is 15.3 Å². The fourth-order valence-corrected chi connectivity index (χ4v) is 3.67. The third-order valence-corrected chi connectivity index (χ3v) is 5.15. The molecule has 2 aromatic rings. The van der Waals surface area contributed by atoms with Gasteiger partial charge in [0.25, 0.3) is 0 Å². The Morgan fingerprint density at radius 2 is 1.90 bits per heavy atom. The van der Waals surface area contributed by atoms with Crippen LogP contribution < -0.4 is 10.2 Å². The highest BCUT2D eigenvalue weighted by atomic mass is 32.1. The molecule has 0 bridgehead atoms. The molecular formula is C16H22N4S. The van der Waals surface area contributed by atoms with Crippen molar-refractivity contribution in [3.63, 3.8) is 0 Å². The largest absolute Gasteiger partial charge is 0.371 e. The van der Waals surface area contributed by atoms with Gasteiger partial charge >= 0.3 is 0 Å². The standard InChI is InChI=1S/C16H22N4S/c1-16(2,15-18-9-12-21-15)19-13-5-10-20(11-6-13)14-3-7-17-8-4-14/h3-4,7-9,12-13,19H,5-6,10-11H2,1-2H3. The van der Waals surface area contributed by atoms with Crippen LogP contribution in [0.2, 0.25) is 0 Å². The number of hydrogen-bond donors (Lipinski definition) is 1. The summed E-state index contributed by atoms with van der Waals surface area (Å²) in [5.74, 6) is 0. The Hall–Kier alpha value is -1.46. The maximum atomic E-state index is 4.45. The molecule has 5 heteroatoms. The first-order valence-corrected chi connectivity index (χ1v) is 8.36. The molecule has 0 aliphatic carbocycles. The minimum Gasteiger partial charge on any atom is -0.371 e. The minimum absolute atomic E-state index is 0.0440. The van der Waals surface area contributed by atoms with E-state index in [1.807, 2.05) is 24.0 Å². The number of nitrogens with zero attached hydrogens (tertiary/aromatic N) is 3. The predicted octanol–water partition coefficient (Wildman–Crippen LogP) is 3.03. The van der Waals surface area contributed by atoms with Gasteiger partial charge in [-0.2, -0.15) is 0 Å². The summed E-state index contributed by atoms with van der Waals surface area (Å²) in [7, 11) is 0. The van der Waals surface area contributed by atoms with Crippen LogP contribution in [0.1, 0.15) is 31.7 Å². The maximum absolute atomic E-state index is 4.45. The Bertz CT molecular complexity index is 545. The number of pyridine rings is 1. The van der Waals surface area contributed by atoms with Gasteiger partial charge < -0.3 is 10.2 Å². The number of anilines is 1. The van der Waals surface area contributed by atoms with E-state index in [1.165, 1.54) is 10.7 Å². The van der Waals surface area contributed by atoms with Crippen LogP contribution in [0.15, 0.2) is 36.1 Å². The number of aromatic nitrogens is 2. The zero-order chi connectivity index (χ0) is 14.7. The van der Waals surface area contributed by atoms with E-state index in [9.17, 15) is 0 Å². The number of hydrogen-bond acceptors (Lipinski definition) is 5. The molecule has 3 heterocycles. The Labute approximate surface area is 130 Å². The van der Waals surface area contributed by atoms with Crippen molar-refractivity contribution < 1.29 is 0 Å². The van der Waals surface area contributed by atoms with Crippen molar-refractivity contribution in [2.24, 2.45) is 0 Å². The van der Waals surface area contributed by atoms with Gasteiger partial charge in [0.15, 0.2) is 0 Å². The maximum Gasteiger partial charge on any atom is 0.112 e. The van der Waals surface area contributed by atoms with Crippen molar-refractivity contribution in [1.29, 1.82) is 0 Å². The summed E-state index contributed by atoms with van der Waals surface area (Å²) in [6.07, 6.45) is 7.94. The Morgan fingerprint density at radius 1 is 1.19 bits per heavy atom. The van der Waals surface area contributed by atoms with Gasteiger partial charge in [0, 0.05) is 48.8 Å². The van der Waals surface area contributed by atoms with Crippen LogP contribution in [0.3, 0.4) is 0 Å².